The molecule has 2 aromatic carbocycles. The molecule has 0 fully saturated rings. The number of rotatable bonds is 7. The standard InChI is InChI=1S/C15H11ClF6NO3PS/c16-10-1-5-12(6-2-10)26-27(24,25-9-14(17,18)19)23-11-3-7-13(8-4-11)28-15(20,21)22/h1-8H,9H2,(H,23,24). The maximum absolute atomic E-state index is 12.7. The van der Waals surface area contributed by atoms with E-state index < -0.39 is 26.0 Å². The molecule has 4 nitrogen and oxygen atoms in total. The van der Waals surface area contributed by atoms with Crippen LogP contribution in [0.15, 0.2) is 53.4 Å². The van der Waals surface area contributed by atoms with Crippen LogP contribution in [-0.2, 0) is 9.09 Å². The summed E-state index contributed by atoms with van der Waals surface area (Å²) >= 11 is 5.32. The topological polar surface area (TPSA) is 47.6 Å². The summed E-state index contributed by atoms with van der Waals surface area (Å²) in [5, 5.41) is 2.48. The van der Waals surface area contributed by atoms with Crippen LogP contribution >= 0.6 is 31.1 Å². The fourth-order valence-electron chi connectivity index (χ4n) is 1.76. The van der Waals surface area contributed by atoms with Crippen LogP contribution in [0.3, 0.4) is 0 Å². The van der Waals surface area contributed by atoms with Crippen molar-refractivity contribution in [2.24, 2.45) is 0 Å². The van der Waals surface area contributed by atoms with Crippen LogP contribution in [0.25, 0.3) is 0 Å². The number of halogens is 7. The zero-order valence-corrected chi connectivity index (χ0v) is 16.0. The minimum absolute atomic E-state index is 0.0639. The van der Waals surface area contributed by atoms with Crippen LogP contribution in [0, 0.1) is 0 Å². The number of hydrogen-bond donors (Lipinski definition) is 1. The van der Waals surface area contributed by atoms with Crippen molar-refractivity contribution >= 4 is 36.8 Å². The van der Waals surface area contributed by atoms with Gasteiger partial charge in [-0.3, -0.25) is 9.61 Å². The summed E-state index contributed by atoms with van der Waals surface area (Å²) < 4.78 is 96.6. The molecule has 1 atom stereocenters. The summed E-state index contributed by atoms with van der Waals surface area (Å²) in [6, 6.07) is 9.54. The number of nitrogens with one attached hydrogen (secondary N) is 1. The Kier molecular flexibility index (Phi) is 7.19. The Morgan fingerprint density at radius 3 is 2.04 bits per heavy atom. The van der Waals surface area contributed by atoms with Gasteiger partial charge in [0.25, 0.3) is 0 Å². The molecule has 0 aromatic heterocycles. The fraction of sp³-hybridized carbons (Fsp3) is 0.200. The van der Waals surface area contributed by atoms with Crippen molar-refractivity contribution in [3.8, 4) is 5.75 Å². The fourth-order valence-corrected chi connectivity index (χ4v) is 3.77. The van der Waals surface area contributed by atoms with Crippen molar-refractivity contribution in [3.05, 3.63) is 53.6 Å². The average molecular weight is 466 g/mol. The van der Waals surface area contributed by atoms with E-state index in [1.807, 2.05) is 0 Å². The van der Waals surface area contributed by atoms with E-state index in [0.717, 1.165) is 24.3 Å². The lowest BCUT2D eigenvalue weighted by molar-refractivity contribution is -0.154. The van der Waals surface area contributed by atoms with Gasteiger partial charge in [0, 0.05) is 15.6 Å². The summed E-state index contributed by atoms with van der Waals surface area (Å²) in [5.41, 5.74) is -4.57. The van der Waals surface area contributed by atoms with Crippen LogP contribution < -0.4 is 9.61 Å². The van der Waals surface area contributed by atoms with E-state index in [0.29, 0.717) is 5.02 Å². The lowest BCUT2D eigenvalue weighted by atomic mass is 10.3. The predicted octanol–water partition coefficient (Wildman–Crippen LogP) is 7.13. The summed E-state index contributed by atoms with van der Waals surface area (Å²) in [5.74, 6) is -0.0911. The van der Waals surface area contributed by atoms with Crippen molar-refractivity contribution in [1.82, 2.24) is 0 Å². The maximum Gasteiger partial charge on any atom is 0.486 e. The zero-order valence-electron chi connectivity index (χ0n) is 13.6. The van der Waals surface area contributed by atoms with Crippen molar-refractivity contribution in [2.45, 2.75) is 16.6 Å². The molecule has 0 aliphatic carbocycles. The first-order valence-corrected chi connectivity index (χ1v) is 9.98. The molecular weight excluding hydrogens is 455 g/mol. The molecule has 0 heterocycles. The second-order valence-electron chi connectivity index (χ2n) is 5.12. The molecule has 0 saturated carbocycles. The van der Waals surface area contributed by atoms with Gasteiger partial charge in [0.2, 0.25) is 0 Å². The molecule has 2 aromatic rings. The molecule has 0 aliphatic heterocycles. The molecule has 1 N–H and O–H groups in total. The van der Waals surface area contributed by atoms with Gasteiger partial charge in [0.1, 0.15) is 5.75 Å². The quantitative estimate of drug-likeness (QED) is 0.268. The first-order chi connectivity index (χ1) is 12.8. The van der Waals surface area contributed by atoms with Crippen LogP contribution in [-0.4, -0.2) is 18.3 Å². The summed E-state index contributed by atoms with van der Waals surface area (Å²) in [7, 11) is -4.57. The van der Waals surface area contributed by atoms with Gasteiger partial charge < -0.3 is 4.52 Å². The van der Waals surface area contributed by atoms with E-state index in [2.05, 4.69) is 9.61 Å². The third kappa shape index (κ3) is 8.22. The van der Waals surface area contributed by atoms with E-state index in [-0.39, 0.29) is 28.1 Å². The normalized spacial score (nSPS) is 14.4. The zero-order chi connectivity index (χ0) is 21.0. The highest BCUT2D eigenvalue weighted by Crippen LogP contribution is 2.49. The number of hydrogen-bond acceptors (Lipinski definition) is 4. The molecule has 13 heteroatoms. The molecule has 1 unspecified atom stereocenters. The van der Waals surface area contributed by atoms with Crippen LogP contribution in [0.4, 0.5) is 32.0 Å². The molecule has 0 amide bonds. The molecule has 28 heavy (non-hydrogen) atoms. The summed E-state index contributed by atoms with van der Waals surface area (Å²) in [6.45, 7) is -1.87. The van der Waals surface area contributed by atoms with Gasteiger partial charge in [-0.25, -0.2) is 4.57 Å². The highest BCUT2D eigenvalue weighted by Gasteiger charge is 2.36. The highest BCUT2D eigenvalue weighted by atomic mass is 35.5. The molecule has 0 saturated heterocycles. The Balaban J connectivity index is 2.18. The molecule has 154 valence electrons. The van der Waals surface area contributed by atoms with E-state index in [9.17, 15) is 30.9 Å². The van der Waals surface area contributed by atoms with E-state index >= 15 is 0 Å². The molecule has 0 radical (unpaired) electrons. The third-order valence-electron chi connectivity index (χ3n) is 2.79. The van der Waals surface area contributed by atoms with Crippen molar-refractivity contribution in [1.29, 1.82) is 0 Å². The number of benzene rings is 2. The molecular formula is C15H11ClF6NO3PS. The molecule has 0 spiro atoms. The Hall–Kier alpha value is -1.55. The first-order valence-electron chi connectivity index (χ1n) is 7.24. The van der Waals surface area contributed by atoms with Gasteiger partial charge in [0.05, 0.1) is 0 Å². The Labute approximate surface area is 164 Å². The van der Waals surface area contributed by atoms with Gasteiger partial charge in [-0.05, 0) is 60.3 Å². The van der Waals surface area contributed by atoms with Crippen LogP contribution in [0.5, 0.6) is 5.75 Å². The van der Waals surface area contributed by atoms with Gasteiger partial charge >= 0.3 is 19.4 Å². The minimum atomic E-state index is -4.78. The van der Waals surface area contributed by atoms with Crippen LogP contribution in [0.1, 0.15) is 0 Å². The minimum Gasteiger partial charge on any atom is -0.409 e. The largest absolute Gasteiger partial charge is 0.486 e. The lowest BCUT2D eigenvalue weighted by Gasteiger charge is -2.21. The number of thioether (sulfide) groups is 1. The SMILES string of the molecule is O=P(Nc1ccc(SC(F)(F)F)cc1)(OCC(F)(F)F)Oc1ccc(Cl)cc1. The first kappa shape index (κ1) is 22.7. The average Bonchev–Trinajstić information content (AvgIpc) is 2.55. The van der Waals surface area contributed by atoms with Crippen molar-refractivity contribution in [2.75, 3.05) is 11.7 Å². The molecule has 0 bridgehead atoms. The van der Waals surface area contributed by atoms with E-state index in [1.165, 1.54) is 24.3 Å². The number of anilines is 1. The lowest BCUT2D eigenvalue weighted by Crippen LogP contribution is -2.19. The Morgan fingerprint density at radius 2 is 1.54 bits per heavy atom. The van der Waals surface area contributed by atoms with Crippen molar-refractivity contribution < 1.29 is 40.0 Å². The molecule has 2 rings (SSSR count). The highest BCUT2D eigenvalue weighted by molar-refractivity contribution is 8.00. The maximum atomic E-state index is 12.7. The monoisotopic (exact) mass is 465 g/mol. The van der Waals surface area contributed by atoms with Gasteiger partial charge in [-0.15, -0.1) is 0 Å². The molecule has 0 aliphatic rings. The smallest absolute Gasteiger partial charge is 0.409 e. The summed E-state index contributed by atoms with van der Waals surface area (Å²) in [4.78, 5) is -0.164. The predicted molar refractivity (Wildman–Crippen MR) is 93.7 cm³/mol. The van der Waals surface area contributed by atoms with Crippen LogP contribution in [0.2, 0.25) is 5.02 Å². The second-order valence-corrected chi connectivity index (χ2v) is 8.35. The summed E-state index contributed by atoms with van der Waals surface area (Å²) in [6.07, 6.45) is -4.78. The van der Waals surface area contributed by atoms with Crippen molar-refractivity contribution in [3.63, 3.8) is 0 Å². The van der Waals surface area contributed by atoms with E-state index in [1.54, 1.807) is 0 Å². The number of alkyl halides is 6. The van der Waals surface area contributed by atoms with E-state index in [4.69, 9.17) is 16.1 Å². The van der Waals surface area contributed by atoms with Gasteiger partial charge in [-0.1, -0.05) is 11.6 Å². The Morgan fingerprint density at radius 1 is 0.964 bits per heavy atom. The third-order valence-corrected chi connectivity index (χ3v) is 5.23. The Bertz CT molecular complexity index is 830. The second kappa shape index (κ2) is 8.86. The van der Waals surface area contributed by atoms with Gasteiger partial charge in [-0.2, -0.15) is 26.3 Å². The van der Waals surface area contributed by atoms with Gasteiger partial charge in [0.15, 0.2) is 6.61 Å².